The summed E-state index contributed by atoms with van der Waals surface area (Å²) in [4.78, 5) is 16.6. The highest BCUT2D eigenvalue weighted by Crippen LogP contribution is 2.05. The fourth-order valence-corrected chi connectivity index (χ4v) is 1.48. The molecule has 12 heavy (non-hydrogen) atoms. The van der Waals surface area contributed by atoms with E-state index in [0.29, 0.717) is 6.42 Å². The highest BCUT2D eigenvalue weighted by atomic mass is 32.1. The van der Waals surface area contributed by atoms with Crippen molar-refractivity contribution < 1.29 is 4.79 Å². The summed E-state index contributed by atoms with van der Waals surface area (Å²) >= 11 is 1.56. The van der Waals surface area contributed by atoms with Crippen LogP contribution in [-0.2, 0) is 11.2 Å². The van der Waals surface area contributed by atoms with Crippen molar-refractivity contribution in [1.29, 1.82) is 0 Å². The summed E-state index contributed by atoms with van der Waals surface area (Å²) in [6.45, 7) is 0. The lowest BCUT2D eigenvalue weighted by molar-refractivity contribution is -0.111. The fourth-order valence-electron chi connectivity index (χ4n) is 0.905. The molecule has 3 nitrogen and oxygen atoms in total. The average Bonchev–Trinajstić information content (AvgIpc) is 2.51. The molecule has 0 amide bonds. The molecule has 66 valence electrons. The molecule has 0 aliphatic rings. The molecule has 0 saturated heterocycles. The summed E-state index contributed by atoms with van der Waals surface area (Å²) in [7, 11) is 3.79. The van der Waals surface area contributed by atoms with E-state index < -0.39 is 0 Å². The number of hydrogen-bond acceptors (Lipinski definition) is 4. The summed E-state index contributed by atoms with van der Waals surface area (Å²) in [5.41, 5.74) is 2.78. The van der Waals surface area contributed by atoms with Gasteiger partial charge in [-0.25, -0.2) is 4.98 Å². The SMILES string of the molecule is CN(C)C(C=O)Cc1cscn1. The van der Waals surface area contributed by atoms with Gasteiger partial charge in [-0.2, -0.15) is 0 Å². The number of rotatable bonds is 4. The van der Waals surface area contributed by atoms with Gasteiger partial charge in [0.05, 0.1) is 17.2 Å². The highest BCUT2D eigenvalue weighted by molar-refractivity contribution is 7.07. The largest absolute Gasteiger partial charge is 0.302 e. The van der Waals surface area contributed by atoms with Crippen molar-refractivity contribution in [1.82, 2.24) is 9.88 Å². The van der Waals surface area contributed by atoms with Crippen LogP contribution in [0.15, 0.2) is 10.9 Å². The summed E-state index contributed by atoms with van der Waals surface area (Å²) < 4.78 is 0. The topological polar surface area (TPSA) is 33.2 Å². The Bertz CT molecular complexity index is 233. The monoisotopic (exact) mass is 184 g/mol. The summed E-state index contributed by atoms with van der Waals surface area (Å²) in [6.07, 6.45) is 1.67. The minimum Gasteiger partial charge on any atom is -0.302 e. The smallest absolute Gasteiger partial charge is 0.137 e. The minimum atomic E-state index is -0.0490. The zero-order valence-corrected chi connectivity index (χ0v) is 8.04. The second-order valence-electron chi connectivity index (χ2n) is 2.85. The van der Waals surface area contributed by atoms with Crippen LogP contribution < -0.4 is 0 Å². The van der Waals surface area contributed by atoms with E-state index in [2.05, 4.69) is 4.98 Å². The molecule has 4 heteroatoms. The molecule has 0 fully saturated rings. The van der Waals surface area contributed by atoms with Crippen LogP contribution in [0, 0.1) is 0 Å². The molecular formula is C8H12N2OS. The van der Waals surface area contributed by atoms with Crippen molar-refractivity contribution in [3.8, 4) is 0 Å². The third-order valence-corrected chi connectivity index (χ3v) is 2.36. The Hall–Kier alpha value is -0.740. The van der Waals surface area contributed by atoms with Gasteiger partial charge in [0.15, 0.2) is 0 Å². The van der Waals surface area contributed by atoms with Gasteiger partial charge in [-0.05, 0) is 14.1 Å². The number of thiazole rings is 1. The van der Waals surface area contributed by atoms with Crippen molar-refractivity contribution in [2.75, 3.05) is 14.1 Å². The van der Waals surface area contributed by atoms with Gasteiger partial charge in [0, 0.05) is 11.8 Å². The van der Waals surface area contributed by atoms with Gasteiger partial charge in [-0.1, -0.05) is 0 Å². The molecule has 1 aromatic heterocycles. The maximum atomic E-state index is 10.6. The van der Waals surface area contributed by atoms with E-state index in [1.165, 1.54) is 0 Å². The van der Waals surface area contributed by atoms with Gasteiger partial charge >= 0.3 is 0 Å². The Balaban J connectivity index is 2.54. The molecule has 0 aromatic carbocycles. The summed E-state index contributed by atoms with van der Waals surface area (Å²) in [6, 6.07) is -0.0490. The fraction of sp³-hybridized carbons (Fsp3) is 0.500. The quantitative estimate of drug-likeness (QED) is 0.649. The van der Waals surface area contributed by atoms with Crippen LogP contribution in [-0.4, -0.2) is 36.3 Å². The standard InChI is InChI=1S/C8H12N2OS/c1-10(2)8(4-11)3-7-5-12-6-9-7/h4-6,8H,3H2,1-2H3. The lowest BCUT2D eigenvalue weighted by Crippen LogP contribution is -2.31. The van der Waals surface area contributed by atoms with Crippen LogP contribution in [0.5, 0.6) is 0 Å². The Kier molecular flexibility index (Phi) is 3.37. The van der Waals surface area contributed by atoms with E-state index >= 15 is 0 Å². The average molecular weight is 184 g/mol. The summed E-state index contributed by atoms with van der Waals surface area (Å²) in [5, 5.41) is 1.97. The second-order valence-corrected chi connectivity index (χ2v) is 3.57. The molecule has 0 bridgehead atoms. The van der Waals surface area contributed by atoms with Crippen LogP contribution in [0.1, 0.15) is 5.69 Å². The molecule has 0 spiro atoms. The predicted octanol–water partition coefficient (Wildman–Crippen LogP) is 0.815. The molecule has 0 radical (unpaired) electrons. The van der Waals surface area contributed by atoms with Gasteiger partial charge in [-0.3, -0.25) is 4.90 Å². The number of likely N-dealkylation sites (N-methyl/N-ethyl adjacent to an activating group) is 1. The Morgan fingerprint density at radius 2 is 2.50 bits per heavy atom. The van der Waals surface area contributed by atoms with Crippen molar-refractivity contribution in [2.45, 2.75) is 12.5 Å². The maximum absolute atomic E-state index is 10.6. The molecule has 0 aliphatic carbocycles. The normalized spacial score (nSPS) is 13.2. The Labute approximate surface area is 76.0 Å². The van der Waals surface area contributed by atoms with Gasteiger partial charge in [0.25, 0.3) is 0 Å². The van der Waals surface area contributed by atoms with Crippen LogP contribution in [0.4, 0.5) is 0 Å². The Morgan fingerprint density at radius 1 is 1.75 bits per heavy atom. The van der Waals surface area contributed by atoms with E-state index in [9.17, 15) is 4.79 Å². The second kappa shape index (κ2) is 4.33. The zero-order valence-electron chi connectivity index (χ0n) is 7.23. The summed E-state index contributed by atoms with van der Waals surface area (Å²) in [5.74, 6) is 0. The number of carbonyl (C=O) groups excluding carboxylic acids is 1. The number of carbonyl (C=O) groups is 1. The molecule has 0 N–H and O–H groups in total. The van der Waals surface area contributed by atoms with Crippen LogP contribution in [0.25, 0.3) is 0 Å². The highest BCUT2D eigenvalue weighted by Gasteiger charge is 2.11. The predicted molar refractivity (Wildman–Crippen MR) is 49.4 cm³/mol. The lowest BCUT2D eigenvalue weighted by atomic mass is 10.2. The maximum Gasteiger partial charge on any atom is 0.137 e. The first-order valence-electron chi connectivity index (χ1n) is 3.73. The van der Waals surface area contributed by atoms with Crippen LogP contribution >= 0.6 is 11.3 Å². The van der Waals surface area contributed by atoms with Gasteiger partial charge in [0.1, 0.15) is 6.29 Å². The molecule has 1 unspecified atom stereocenters. The van der Waals surface area contributed by atoms with E-state index in [0.717, 1.165) is 12.0 Å². The number of aldehydes is 1. The molecule has 1 heterocycles. The van der Waals surface area contributed by atoms with Crippen molar-refractivity contribution in [3.05, 3.63) is 16.6 Å². The van der Waals surface area contributed by atoms with Gasteiger partial charge in [-0.15, -0.1) is 11.3 Å². The number of hydrogen-bond donors (Lipinski definition) is 0. The third-order valence-electron chi connectivity index (χ3n) is 1.72. The number of nitrogens with zero attached hydrogens (tertiary/aromatic N) is 2. The first-order chi connectivity index (χ1) is 5.74. The van der Waals surface area contributed by atoms with E-state index in [-0.39, 0.29) is 6.04 Å². The minimum absolute atomic E-state index is 0.0490. The van der Waals surface area contributed by atoms with Crippen molar-refractivity contribution >= 4 is 17.6 Å². The van der Waals surface area contributed by atoms with Crippen molar-refractivity contribution in [2.24, 2.45) is 0 Å². The zero-order chi connectivity index (χ0) is 8.97. The number of aromatic nitrogens is 1. The molecule has 1 atom stereocenters. The molecule has 1 rings (SSSR count). The molecule has 1 aromatic rings. The molecule has 0 aliphatic heterocycles. The first kappa shape index (κ1) is 9.35. The molecule has 0 saturated carbocycles. The van der Waals surface area contributed by atoms with Crippen LogP contribution in [0.3, 0.4) is 0 Å². The lowest BCUT2D eigenvalue weighted by Gasteiger charge is -2.16. The third kappa shape index (κ3) is 2.39. The van der Waals surface area contributed by atoms with Gasteiger partial charge in [0.2, 0.25) is 0 Å². The van der Waals surface area contributed by atoms with E-state index in [1.807, 2.05) is 24.4 Å². The van der Waals surface area contributed by atoms with Crippen LogP contribution in [0.2, 0.25) is 0 Å². The molecular weight excluding hydrogens is 172 g/mol. The van der Waals surface area contributed by atoms with Crippen molar-refractivity contribution in [3.63, 3.8) is 0 Å². The first-order valence-corrected chi connectivity index (χ1v) is 4.67. The Morgan fingerprint density at radius 3 is 2.92 bits per heavy atom. The van der Waals surface area contributed by atoms with E-state index in [4.69, 9.17) is 0 Å². The van der Waals surface area contributed by atoms with E-state index in [1.54, 1.807) is 16.8 Å². The van der Waals surface area contributed by atoms with Gasteiger partial charge < -0.3 is 4.79 Å².